The minimum atomic E-state index is -3.89. The summed E-state index contributed by atoms with van der Waals surface area (Å²) >= 11 is 0. The molecule has 0 bridgehead atoms. The summed E-state index contributed by atoms with van der Waals surface area (Å²) in [5.41, 5.74) is -5.67. The lowest BCUT2D eigenvalue weighted by Gasteiger charge is -2.62. The van der Waals surface area contributed by atoms with Gasteiger partial charge in [-0.1, -0.05) is 25.5 Å². The maximum atomic E-state index is 17.0. The Bertz CT molecular complexity index is 1030. The number of Topliss-reactive ketones (excluding diaryl/α,β-unsaturated/α-hetero) is 1. The van der Waals surface area contributed by atoms with E-state index >= 15 is 4.39 Å². The Morgan fingerprint density at radius 3 is 2.59 bits per heavy atom. The zero-order chi connectivity index (χ0) is 23.9. The second-order valence-corrected chi connectivity index (χ2v) is 12.2. The largest absolute Gasteiger partial charge is 0.390 e. The molecule has 0 aromatic carbocycles. The van der Waals surface area contributed by atoms with Gasteiger partial charge in [0.15, 0.2) is 17.2 Å². The molecule has 0 amide bonds. The number of fused-ring (bicyclic) bond motifs is 5. The summed E-state index contributed by atoms with van der Waals surface area (Å²) in [7, 11) is -3.89. The van der Waals surface area contributed by atoms with Gasteiger partial charge in [-0.25, -0.2) is 4.39 Å². The Morgan fingerprint density at radius 1 is 1.31 bits per heavy atom. The van der Waals surface area contributed by atoms with E-state index in [4.69, 9.17) is 0 Å². The van der Waals surface area contributed by atoms with Gasteiger partial charge in [0.05, 0.1) is 12.4 Å². The molecule has 2 N–H and O–H groups in total. The standard InChI is InChI=1S/C23H31FO7S/c1-13-9-17-16-6-5-14-10-15(25)7-8-20(14,2)22(16,24)18(26)11-21(17,3)23(13,28)19(27)12-31-32(4,29)30/h7-8,10,13,16-18,26,28H,5-6,9,11-12H2,1-4H3/t13-,16-,17-,18+,20+,21+,22+,23+/m1/s1. The minimum Gasteiger partial charge on any atom is -0.390 e. The molecule has 0 aromatic heterocycles. The van der Waals surface area contributed by atoms with E-state index in [2.05, 4.69) is 4.18 Å². The lowest BCUT2D eigenvalue weighted by atomic mass is 9.44. The summed E-state index contributed by atoms with van der Waals surface area (Å²) in [6.45, 7) is 4.29. The van der Waals surface area contributed by atoms with E-state index in [-0.39, 0.29) is 12.2 Å². The van der Waals surface area contributed by atoms with Crippen LogP contribution in [-0.2, 0) is 23.9 Å². The quantitative estimate of drug-likeness (QED) is 0.602. The van der Waals surface area contributed by atoms with Crippen LogP contribution in [0.15, 0.2) is 23.8 Å². The summed E-state index contributed by atoms with van der Waals surface area (Å²) in [5.74, 6) is -2.60. The van der Waals surface area contributed by atoms with Gasteiger partial charge in [-0.2, -0.15) is 8.42 Å². The molecule has 4 rings (SSSR count). The van der Waals surface area contributed by atoms with Crippen LogP contribution in [0, 0.1) is 28.6 Å². The van der Waals surface area contributed by atoms with Gasteiger partial charge in [0.25, 0.3) is 10.1 Å². The van der Waals surface area contributed by atoms with Crippen molar-refractivity contribution in [1.29, 1.82) is 0 Å². The highest BCUT2D eigenvalue weighted by Gasteiger charge is 2.75. The van der Waals surface area contributed by atoms with Crippen molar-refractivity contribution in [2.24, 2.45) is 28.6 Å². The second kappa shape index (κ2) is 7.04. The zero-order valence-corrected chi connectivity index (χ0v) is 19.6. The molecule has 3 fully saturated rings. The molecular formula is C23H31FO7S. The van der Waals surface area contributed by atoms with Crippen LogP contribution in [0.3, 0.4) is 0 Å². The van der Waals surface area contributed by atoms with Crippen molar-refractivity contribution in [2.75, 3.05) is 12.9 Å². The summed E-state index contributed by atoms with van der Waals surface area (Å²) < 4.78 is 44.5. The number of carbonyl (C=O) groups excluding carboxylic acids is 2. The van der Waals surface area contributed by atoms with E-state index in [0.717, 1.165) is 6.26 Å². The first-order valence-corrected chi connectivity index (χ1v) is 12.8. The monoisotopic (exact) mass is 470 g/mol. The smallest absolute Gasteiger partial charge is 0.264 e. The van der Waals surface area contributed by atoms with Crippen LogP contribution in [0.25, 0.3) is 0 Å². The average Bonchev–Trinajstić information content (AvgIpc) is 2.89. The number of ketones is 2. The van der Waals surface area contributed by atoms with Crippen molar-refractivity contribution < 1.29 is 36.8 Å². The molecule has 4 aliphatic rings. The highest BCUT2D eigenvalue weighted by atomic mass is 32.2. The van der Waals surface area contributed by atoms with Crippen molar-refractivity contribution in [3.05, 3.63) is 23.8 Å². The number of allylic oxidation sites excluding steroid dienone is 4. The van der Waals surface area contributed by atoms with E-state index in [1.165, 1.54) is 12.2 Å². The van der Waals surface area contributed by atoms with Gasteiger partial charge in [-0.05, 0) is 56.6 Å². The number of carbonyl (C=O) groups is 2. The van der Waals surface area contributed by atoms with Crippen LogP contribution in [0.2, 0.25) is 0 Å². The second-order valence-electron chi connectivity index (χ2n) is 10.6. The summed E-state index contributed by atoms with van der Waals surface area (Å²) in [4.78, 5) is 25.0. The Balaban J connectivity index is 1.75. The topological polar surface area (TPSA) is 118 Å². The van der Waals surface area contributed by atoms with Crippen LogP contribution in [0.4, 0.5) is 4.39 Å². The van der Waals surface area contributed by atoms with Crippen molar-refractivity contribution in [2.45, 2.75) is 63.8 Å². The molecule has 0 aliphatic heterocycles. The van der Waals surface area contributed by atoms with Crippen LogP contribution in [0.1, 0.15) is 46.5 Å². The molecule has 0 heterocycles. The Hall–Kier alpha value is -1.42. The van der Waals surface area contributed by atoms with Gasteiger partial charge >= 0.3 is 0 Å². The third-order valence-corrected chi connectivity index (χ3v) is 9.60. The van der Waals surface area contributed by atoms with Gasteiger partial charge in [0.1, 0.15) is 12.2 Å². The molecule has 32 heavy (non-hydrogen) atoms. The lowest BCUT2D eigenvalue weighted by molar-refractivity contribution is -0.219. The van der Waals surface area contributed by atoms with E-state index < -0.39 is 68.5 Å². The van der Waals surface area contributed by atoms with Gasteiger partial charge in [0, 0.05) is 16.7 Å². The van der Waals surface area contributed by atoms with Crippen molar-refractivity contribution in [3.8, 4) is 0 Å². The molecule has 0 radical (unpaired) electrons. The third-order valence-electron chi connectivity index (χ3n) is 9.05. The first-order chi connectivity index (χ1) is 14.6. The van der Waals surface area contributed by atoms with E-state index in [1.54, 1.807) is 26.8 Å². The first-order valence-electron chi connectivity index (χ1n) is 11.0. The average molecular weight is 471 g/mol. The van der Waals surface area contributed by atoms with Crippen LogP contribution in [-0.4, -0.2) is 60.4 Å². The number of hydrogen-bond donors (Lipinski definition) is 2. The van der Waals surface area contributed by atoms with Gasteiger partial charge in [-0.15, -0.1) is 0 Å². The Kier molecular flexibility index (Phi) is 5.22. The Morgan fingerprint density at radius 2 is 1.97 bits per heavy atom. The molecule has 0 spiro atoms. The number of halogens is 1. The molecule has 4 aliphatic carbocycles. The molecule has 7 nitrogen and oxygen atoms in total. The fourth-order valence-electron chi connectivity index (χ4n) is 7.41. The highest BCUT2D eigenvalue weighted by molar-refractivity contribution is 7.86. The van der Waals surface area contributed by atoms with Gasteiger partial charge in [0.2, 0.25) is 0 Å². The number of rotatable bonds is 4. The molecule has 0 aromatic rings. The maximum absolute atomic E-state index is 17.0. The Labute approximate surface area is 187 Å². The van der Waals surface area contributed by atoms with Crippen LogP contribution in [0.5, 0.6) is 0 Å². The predicted octanol–water partition coefficient (Wildman–Crippen LogP) is 1.88. The summed E-state index contributed by atoms with van der Waals surface area (Å²) in [6.07, 6.45) is 4.75. The van der Waals surface area contributed by atoms with Gasteiger partial charge in [-0.3, -0.25) is 13.8 Å². The molecule has 8 atom stereocenters. The maximum Gasteiger partial charge on any atom is 0.264 e. The zero-order valence-electron chi connectivity index (χ0n) is 18.8. The van der Waals surface area contributed by atoms with Crippen molar-refractivity contribution in [1.82, 2.24) is 0 Å². The summed E-state index contributed by atoms with van der Waals surface area (Å²) in [6, 6.07) is 0. The van der Waals surface area contributed by atoms with Crippen LogP contribution < -0.4 is 0 Å². The molecule has 3 saturated carbocycles. The minimum absolute atomic E-state index is 0.166. The number of hydrogen-bond acceptors (Lipinski definition) is 7. The van der Waals surface area contributed by atoms with Gasteiger partial charge < -0.3 is 10.2 Å². The number of alkyl halides is 1. The fourth-order valence-corrected chi connectivity index (χ4v) is 7.73. The third kappa shape index (κ3) is 2.90. The van der Waals surface area contributed by atoms with Crippen molar-refractivity contribution in [3.63, 3.8) is 0 Å². The van der Waals surface area contributed by atoms with Crippen molar-refractivity contribution >= 4 is 21.7 Å². The highest BCUT2D eigenvalue weighted by Crippen LogP contribution is 2.70. The predicted molar refractivity (Wildman–Crippen MR) is 114 cm³/mol. The molecule has 0 saturated heterocycles. The normalized spacial score (nSPS) is 48.0. The molecule has 0 unspecified atom stereocenters. The SMILES string of the molecule is C[C@@H]1C[C@@H]2[C@H]3CCC4=CC(=O)C=C[C@]4(C)[C@@]3(F)[C@@H](O)C[C@]2(C)[C@@]1(O)C(=O)COS(C)(=O)=O. The number of aliphatic hydroxyl groups is 2. The molecule has 9 heteroatoms. The summed E-state index contributed by atoms with van der Waals surface area (Å²) in [5, 5.41) is 22.9. The molecule has 178 valence electrons. The first kappa shape index (κ1) is 23.7. The fraction of sp³-hybridized carbons (Fsp3) is 0.739. The van der Waals surface area contributed by atoms with E-state index in [1.807, 2.05) is 0 Å². The van der Waals surface area contributed by atoms with E-state index in [0.29, 0.717) is 24.8 Å². The number of aliphatic hydroxyl groups excluding tert-OH is 1. The van der Waals surface area contributed by atoms with E-state index in [9.17, 15) is 28.2 Å². The molecular weight excluding hydrogens is 439 g/mol. The van der Waals surface area contributed by atoms with Crippen LogP contribution >= 0.6 is 0 Å². The lowest BCUT2D eigenvalue weighted by Crippen LogP contribution is -2.69.